The fourth-order valence-electron chi connectivity index (χ4n) is 6.65. The molecule has 41 heavy (non-hydrogen) atoms. The van der Waals surface area contributed by atoms with E-state index in [0.29, 0.717) is 48.3 Å². The number of ether oxygens (including phenoxy) is 1. The molecule has 1 aliphatic heterocycles. The van der Waals surface area contributed by atoms with Gasteiger partial charge in [0, 0.05) is 50.1 Å². The number of aryl methyl sites for hydroxylation is 2. The Hall–Kier alpha value is -3.32. The van der Waals surface area contributed by atoms with Gasteiger partial charge >= 0.3 is 0 Å². The molecule has 0 bridgehead atoms. The summed E-state index contributed by atoms with van der Waals surface area (Å²) in [6, 6.07) is 12.2. The summed E-state index contributed by atoms with van der Waals surface area (Å²) in [6.07, 6.45) is 6.29. The number of benzene rings is 2. The first-order valence-electron chi connectivity index (χ1n) is 15.3. The summed E-state index contributed by atoms with van der Waals surface area (Å²) in [5.41, 5.74) is 4.33. The van der Waals surface area contributed by atoms with Crippen LogP contribution in [-0.2, 0) is 11.3 Å². The lowest BCUT2D eigenvalue weighted by Gasteiger charge is -2.33. The van der Waals surface area contributed by atoms with Crippen LogP contribution in [0.15, 0.2) is 40.8 Å². The van der Waals surface area contributed by atoms with Crippen molar-refractivity contribution in [2.24, 2.45) is 5.92 Å². The van der Waals surface area contributed by atoms with E-state index in [1.165, 1.54) is 6.42 Å². The quantitative estimate of drug-likeness (QED) is 0.355. The Morgan fingerprint density at radius 1 is 0.951 bits per heavy atom. The smallest absolute Gasteiger partial charge is 0.258 e. The maximum atomic E-state index is 14.4. The molecule has 5 rings (SSSR count). The van der Waals surface area contributed by atoms with Gasteiger partial charge in [-0.1, -0.05) is 37.5 Å². The van der Waals surface area contributed by atoms with Crippen LogP contribution in [0.2, 0.25) is 0 Å². The van der Waals surface area contributed by atoms with Gasteiger partial charge in [0.05, 0.1) is 18.4 Å². The molecule has 0 unspecified atom stereocenters. The molecule has 0 radical (unpaired) electrons. The Labute approximate surface area is 244 Å². The average molecular weight is 560 g/mol. The zero-order valence-electron chi connectivity index (χ0n) is 25.4. The van der Waals surface area contributed by atoms with E-state index in [2.05, 4.69) is 42.7 Å². The Morgan fingerprint density at radius 2 is 1.73 bits per heavy atom. The van der Waals surface area contributed by atoms with E-state index in [4.69, 9.17) is 9.15 Å². The van der Waals surface area contributed by atoms with Crippen molar-refractivity contribution in [1.82, 2.24) is 9.80 Å². The minimum Gasteiger partial charge on any atom is -0.497 e. The van der Waals surface area contributed by atoms with Crippen molar-refractivity contribution in [2.45, 2.75) is 78.8 Å². The highest BCUT2D eigenvalue weighted by molar-refractivity contribution is 6.07. The van der Waals surface area contributed by atoms with Crippen molar-refractivity contribution < 1.29 is 18.7 Å². The van der Waals surface area contributed by atoms with Gasteiger partial charge < -0.3 is 19.0 Å². The lowest BCUT2D eigenvalue weighted by Crippen LogP contribution is -2.42. The molecule has 0 saturated heterocycles. The van der Waals surface area contributed by atoms with Crippen LogP contribution in [0.3, 0.4) is 0 Å². The fraction of sp³-hybridized carbons (Fsp3) is 0.529. The van der Waals surface area contributed by atoms with E-state index in [9.17, 15) is 9.59 Å². The number of furan rings is 1. The van der Waals surface area contributed by atoms with Gasteiger partial charge in [-0.2, -0.15) is 0 Å². The van der Waals surface area contributed by atoms with E-state index in [0.717, 1.165) is 67.4 Å². The largest absolute Gasteiger partial charge is 0.497 e. The molecule has 3 aromatic rings. The van der Waals surface area contributed by atoms with Crippen LogP contribution >= 0.6 is 0 Å². The molecule has 0 N–H and O–H groups in total. The zero-order valence-corrected chi connectivity index (χ0v) is 25.4. The van der Waals surface area contributed by atoms with E-state index in [1.54, 1.807) is 7.11 Å². The predicted molar refractivity (Wildman–Crippen MR) is 164 cm³/mol. The molecule has 2 aliphatic rings. The molecule has 1 aliphatic carbocycles. The second-order valence-electron chi connectivity index (χ2n) is 12.0. The molecule has 1 fully saturated rings. The topological polar surface area (TPSA) is 66.2 Å². The molecule has 1 aromatic heterocycles. The van der Waals surface area contributed by atoms with Crippen LogP contribution in [0.25, 0.3) is 11.0 Å². The maximum absolute atomic E-state index is 14.4. The number of nitrogens with zero attached hydrogens (tertiary/aromatic N) is 3. The number of para-hydroxylation sites is 1. The number of hydrogen-bond acceptors (Lipinski definition) is 5. The van der Waals surface area contributed by atoms with Crippen molar-refractivity contribution in [3.8, 4) is 5.75 Å². The van der Waals surface area contributed by atoms with Crippen molar-refractivity contribution in [1.29, 1.82) is 0 Å². The molecule has 0 atom stereocenters. The number of amides is 2. The normalized spacial score (nSPS) is 17.9. The van der Waals surface area contributed by atoms with Gasteiger partial charge in [-0.25, -0.2) is 0 Å². The highest BCUT2D eigenvalue weighted by Crippen LogP contribution is 2.34. The van der Waals surface area contributed by atoms with Gasteiger partial charge in [0.2, 0.25) is 5.91 Å². The summed E-state index contributed by atoms with van der Waals surface area (Å²) in [5.74, 6) is 1.56. The fourth-order valence-corrected chi connectivity index (χ4v) is 6.65. The van der Waals surface area contributed by atoms with Crippen molar-refractivity contribution in [3.05, 3.63) is 58.8 Å². The number of carbonyl (C=O) groups is 2. The number of rotatable bonds is 4. The van der Waals surface area contributed by atoms with Gasteiger partial charge in [-0.15, -0.1) is 0 Å². The highest BCUT2D eigenvalue weighted by atomic mass is 16.5. The standard InChI is InChI=1S/C34H45N3O4/c1-23(2)35-17-10-18-37(33(38)26-12-7-6-8-13-26)32-24(3)11-9-14-27(32)22-36(20-19-35)34(39)31-25(4)41-30-16-15-28(40-5)21-29(30)31/h9,11,14-16,21,23,26H,6-8,10,12-13,17-20,22H2,1-5H3. The molecule has 2 aromatic carbocycles. The third kappa shape index (κ3) is 6.15. The lowest BCUT2D eigenvalue weighted by atomic mass is 9.87. The summed E-state index contributed by atoms with van der Waals surface area (Å²) in [7, 11) is 1.63. The van der Waals surface area contributed by atoms with E-state index < -0.39 is 0 Å². The summed E-state index contributed by atoms with van der Waals surface area (Å²) < 4.78 is 11.5. The van der Waals surface area contributed by atoms with Crippen molar-refractivity contribution in [2.75, 3.05) is 38.2 Å². The number of fused-ring (bicyclic) bond motifs is 2. The summed E-state index contributed by atoms with van der Waals surface area (Å²) >= 11 is 0. The number of hydrogen-bond donors (Lipinski definition) is 0. The highest BCUT2D eigenvalue weighted by Gasteiger charge is 2.31. The Kier molecular flexibility index (Phi) is 9.03. The van der Waals surface area contributed by atoms with Gasteiger partial charge in [-0.3, -0.25) is 14.5 Å². The second kappa shape index (κ2) is 12.7. The lowest BCUT2D eigenvalue weighted by molar-refractivity contribution is -0.123. The third-order valence-corrected chi connectivity index (χ3v) is 8.96. The van der Waals surface area contributed by atoms with Crippen LogP contribution in [-0.4, -0.2) is 60.9 Å². The third-order valence-electron chi connectivity index (χ3n) is 8.96. The second-order valence-corrected chi connectivity index (χ2v) is 12.0. The first kappa shape index (κ1) is 29.2. The minimum atomic E-state index is -0.0601. The van der Waals surface area contributed by atoms with Gasteiger partial charge in [-0.05, 0) is 76.3 Å². The van der Waals surface area contributed by atoms with Gasteiger partial charge in [0.1, 0.15) is 17.1 Å². The summed E-state index contributed by atoms with van der Waals surface area (Å²) in [4.78, 5) is 34.9. The molecule has 220 valence electrons. The first-order valence-corrected chi connectivity index (χ1v) is 15.3. The van der Waals surface area contributed by atoms with Gasteiger partial charge in [0.15, 0.2) is 0 Å². The monoisotopic (exact) mass is 559 g/mol. The Morgan fingerprint density at radius 3 is 2.46 bits per heavy atom. The van der Waals surface area contributed by atoms with Crippen molar-refractivity contribution >= 4 is 28.5 Å². The summed E-state index contributed by atoms with van der Waals surface area (Å²) in [5, 5.41) is 0.764. The van der Waals surface area contributed by atoms with Crippen LogP contribution in [0.1, 0.15) is 79.6 Å². The molecule has 2 amide bonds. The van der Waals surface area contributed by atoms with Crippen LogP contribution < -0.4 is 9.64 Å². The van der Waals surface area contributed by atoms with E-state index in [-0.39, 0.29) is 17.7 Å². The molecule has 7 nitrogen and oxygen atoms in total. The Bertz CT molecular complexity index is 1390. The van der Waals surface area contributed by atoms with Crippen LogP contribution in [0.5, 0.6) is 5.75 Å². The Balaban J connectivity index is 1.57. The molecule has 1 saturated carbocycles. The SMILES string of the molecule is COc1ccc2oc(C)c(C(=O)N3CCN(C(C)C)CCCN(C(=O)C4CCCCC4)c4c(C)cccc4C3)c2c1. The van der Waals surface area contributed by atoms with E-state index in [1.807, 2.05) is 36.1 Å². The van der Waals surface area contributed by atoms with Crippen molar-refractivity contribution in [3.63, 3.8) is 0 Å². The number of methoxy groups -OCH3 is 1. The number of anilines is 1. The molecule has 7 heteroatoms. The predicted octanol–water partition coefficient (Wildman–Crippen LogP) is 6.73. The first-order chi connectivity index (χ1) is 19.8. The zero-order chi connectivity index (χ0) is 29.1. The average Bonchev–Trinajstić information content (AvgIpc) is 3.28. The van der Waals surface area contributed by atoms with Crippen LogP contribution in [0.4, 0.5) is 5.69 Å². The van der Waals surface area contributed by atoms with Crippen LogP contribution in [0, 0.1) is 19.8 Å². The number of carbonyl (C=O) groups excluding carboxylic acids is 2. The summed E-state index contributed by atoms with van der Waals surface area (Å²) in [6.45, 7) is 11.7. The molecule has 2 heterocycles. The molecule has 0 spiro atoms. The minimum absolute atomic E-state index is 0.0601. The molecular formula is C34H45N3O4. The van der Waals surface area contributed by atoms with E-state index >= 15 is 0 Å². The van der Waals surface area contributed by atoms with Gasteiger partial charge in [0.25, 0.3) is 5.91 Å². The maximum Gasteiger partial charge on any atom is 0.258 e. The molecular weight excluding hydrogens is 514 g/mol.